The summed E-state index contributed by atoms with van der Waals surface area (Å²) in [5, 5.41) is 0.531. The van der Waals surface area contributed by atoms with Gasteiger partial charge in [-0.2, -0.15) is 0 Å². The van der Waals surface area contributed by atoms with Gasteiger partial charge in [-0.3, -0.25) is 4.99 Å². The van der Waals surface area contributed by atoms with Crippen molar-refractivity contribution in [2.24, 2.45) is 4.99 Å². The van der Waals surface area contributed by atoms with Gasteiger partial charge in [0.05, 0.1) is 11.6 Å². The molecule has 0 saturated heterocycles. The maximum atomic E-state index is 6.14. The number of fused-ring (bicyclic) bond motifs is 1. The topological polar surface area (TPSA) is 21.6 Å². The average Bonchev–Trinajstić information content (AvgIpc) is 2.24. The Morgan fingerprint density at radius 2 is 2.00 bits per heavy atom. The summed E-state index contributed by atoms with van der Waals surface area (Å²) in [7, 11) is 0. The van der Waals surface area contributed by atoms with Crippen molar-refractivity contribution >= 4 is 16.8 Å². The van der Waals surface area contributed by atoms with Crippen molar-refractivity contribution in [3.8, 4) is 5.75 Å². The fraction of sp³-hybridized carbons (Fsp3) is 0.417. The Hall–Kier alpha value is -1.02. The van der Waals surface area contributed by atoms with Crippen molar-refractivity contribution in [3.05, 3.63) is 29.8 Å². The van der Waals surface area contributed by atoms with Crippen LogP contribution in [0.3, 0.4) is 0 Å². The molecule has 0 saturated carbocycles. The first-order valence-electron chi connectivity index (χ1n) is 5.02. The van der Waals surface area contributed by atoms with Crippen molar-refractivity contribution in [1.29, 1.82) is 0 Å². The van der Waals surface area contributed by atoms with Crippen LogP contribution in [-0.2, 0) is 0 Å². The fourth-order valence-corrected chi connectivity index (χ4v) is 1.79. The van der Waals surface area contributed by atoms with Crippen molar-refractivity contribution in [2.75, 3.05) is 0 Å². The number of aliphatic imine (C=N–C) groups is 1. The maximum absolute atomic E-state index is 6.14. The quantitative estimate of drug-likeness (QED) is 0.662. The van der Waals surface area contributed by atoms with Crippen LogP contribution in [0.5, 0.6) is 5.75 Å². The molecule has 1 aromatic rings. The molecule has 0 bridgehead atoms. The first kappa shape index (κ1) is 10.5. The second-order valence-electron chi connectivity index (χ2n) is 4.30. The number of para-hydroxylation sites is 1. The van der Waals surface area contributed by atoms with Gasteiger partial charge in [-0.1, -0.05) is 23.7 Å². The predicted molar refractivity (Wildman–Crippen MR) is 63.0 cm³/mol. The second-order valence-corrected chi connectivity index (χ2v) is 4.66. The van der Waals surface area contributed by atoms with E-state index in [4.69, 9.17) is 16.3 Å². The van der Waals surface area contributed by atoms with Gasteiger partial charge in [-0.15, -0.1) is 0 Å². The smallest absolute Gasteiger partial charge is 0.135 e. The Balaban J connectivity index is 2.55. The maximum Gasteiger partial charge on any atom is 0.135 e. The highest BCUT2D eigenvalue weighted by Gasteiger charge is 2.31. The minimum absolute atomic E-state index is 0.0393. The van der Waals surface area contributed by atoms with Crippen LogP contribution in [0.4, 0.5) is 0 Å². The van der Waals surface area contributed by atoms with Gasteiger partial charge in [-0.25, -0.2) is 0 Å². The lowest BCUT2D eigenvalue weighted by atomic mass is 10.0. The second kappa shape index (κ2) is 3.53. The van der Waals surface area contributed by atoms with E-state index >= 15 is 0 Å². The Morgan fingerprint density at radius 1 is 1.33 bits per heavy atom. The molecule has 15 heavy (non-hydrogen) atoms. The van der Waals surface area contributed by atoms with Gasteiger partial charge >= 0.3 is 0 Å². The van der Waals surface area contributed by atoms with Crippen molar-refractivity contribution in [3.63, 3.8) is 0 Å². The van der Waals surface area contributed by atoms with Crippen LogP contribution < -0.4 is 4.74 Å². The lowest BCUT2D eigenvalue weighted by molar-refractivity contribution is 0.0891. The van der Waals surface area contributed by atoms with Crippen LogP contribution in [0.25, 0.3) is 0 Å². The van der Waals surface area contributed by atoms with E-state index in [1.165, 1.54) is 0 Å². The van der Waals surface area contributed by atoms with Gasteiger partial charge in [0, 0.05) is 0 Å². The average molecular weight is 224 g/mol. The standard InChI is InChI=1S/C12H14ClNO/c1-8-12(2,3)15-10-7-5-4-6-9(10)11(13)14-8/h4-8H,1-3H3/t8-/m0/s1. The summed E-state index contributed by atoms with van der Waals surface area (Å²) in [5.41, 5.74) is 0.545. The fourth-order valence-electron chi connectivity index (χ4n) is 1.49. The predicted octanol–water partition coefficient (Wildman–Crippen LogP) is 3.23. The molecule has 0 amide bonds. The molecule has 2 nitrogen and oxygen atoms in total. The normalized spacial score (nSPS) is 23.5. The monoisotopic (exact) mass is 223 g/mol. The molecule has 3 heteroatoms. The summed E-state index contributed by atoms with van der Waals surface area (Å²) < 4.78 is 5.93. The summed E-state index contributed by atoms with van der Waals surface area (Å²) in [5.74, 6) is 0.806. The molecule has 0 N–H and O–H groups in total. The summed E-state index contributed by atoms with van der Waals surface area (Å²) in [4.78, 5) is 4.43. The molecule has 1 aromatic carbocycles. The van der Waals surface area contributed by atoms with E-state index < -0.39 is 0 Å². The third kappa shape index (κ3) is 1.86. The van der Waals surface area contributed by atoms with E-state index in [9.17, 15) is 0 Å². The third-order valence-electron chi connectivity index (χ3n) is 2.80. The highest BCUT2D eigenvalue weighted by atomic mass is 35.5. The molecule has 0 spiro atoms. The molecule has 0 radical (unpaired) electrons. The van der Waals surface area contributed by atoms with Gasteiger partial charge in [0.2, 0.25) is 0 Å². The Morgan fingerprint density at radius 3 is 2.73 bits per heavy atom. The summed E-state index contributed by atoms with van der Waals surface area (Å²) in [6, 6.07) is 7.76. The van der Waals surface area contributed by atoms with Crippen LogP contribution in [0.2, 0.25) is 0 Å². The highest BCUT2D eigenvalue weighted by Crippen LogP contribution is 2.31. The van der Waals surface area contributed by atoms with Gasteiger partial charge in [0.15, 0.2) is 0 Å². The third-order valence-corrected chi connectivity index (χ3v) is 3.10. The first-order chi connectivity index (χ1) is 7.00. The van der Waals surface area contributed by atoms with E-state index in [0.29, 0.717) is 5.17 Å². The van der Waals surface area contributed by atoms with E-state index in [-0.39, 0.29) is 11.6 Å². The van der Waals surface area contributed by atoms with Gasteiger partial charge < -0.3 is 4.74 Å². The highest BCUT2D eigenvalue weighted by molar-refractivity contribution is 6.70. The lowest BCUT2D eigenvalue weighted by Crippen LogP contribution is -2.38. The van der Waals surface area contributed by atoms with Gasteiger partial charge in [0.1, 0.15) is 16.5 Å². The van der Waals surface area contributed by atoms with Crippen LogP contribution >= 0.6 is 11.6 Å². The molecule has 0 fully saturated rings. The number of halogens is 1. The molecular formula is C12H14ClNO. The van der Waals surface area contributed by atoms with Gasteiger partial charge in [-0.05, 0) is 32.9 Å². The number of ether oxygens (including phenoxy) is 1. The minimum atomic E-state index is -0.327. The van der Waals surface area contributed by atoms with E-state index in [2.05, 4.69) is 4.99 Å². The SMILES string of the molecule is C[C@@H]1N=C(Cl)c2ccccc2OC1(C)C. The Kier molecular flexibility index (Phi) is 2.47. The zero-order valence-corrected chi connectivity index (χ0v) is 9.88. The zero-order valence-electron chi connectivity index (χ0n) is 9.12. The van der Waals surface area contributed by atoms with E-state index in [0.717, 1.165) is 11.3 Å². The van der Waals surface area contributed by atoms with E-state index in [1.54, 1.807) is 0 Å². The summed E-state index contributed by atoms with van der Waals surface area (Å²) in [6.45, 7) is 6.05. The molecule has 1 heterocycles. The van der Waals surface area contributed by atoms with Crippen LogP contribution in [0, 0.1) is 0 Å². The Bertz CT molecular complexity index is 412. The Labute approximate surface area is 94.9 Å². The molecule has 0 aromatic heterocycles. The number of rotatable bonds is 0. The van der Waals surface area contributed by atoms with Crippen LogP contribution in [-0.4, -0.2) is 16.8 Å². The largest absolute Gasteiger partial charge is 0.485 e. The number of hydrogen-bond donors (Lipinski definition) is 0. The van der Waals surface area contributed by atoms with Crippen molar-refractivity contribution in [2.45, 2.75) is 32.4 Å². The molecule has 0 unspecified atom stereocenters. The molecule has 2 rings (SSSR count). The molecule has 1 aliphatic rings. The number of nitrogens with zero attached hydrogens (tertiary/aromatic N) is 1. The summed E-state index contributed by atoms with van der Waals surface area (Å²) >= 11 is 6.14. The number of hydrogen-bond acceptors (Lipinski definition) is 2. The first-order valence-corrected chi connectivity index (χ1v) is 5.40. The summed E-state index contributed by atoms with van der Waals surface area (Å²) in [6.07, 6.45) is 0. The van der Waals surface area contributed by atoms with Crippen LogP contribution in [0.1, 0.15) is 26.3 Å². The molecular weight excluding hydrogens is 210 g/mol. The molecule has 1 aliphatic heterocycles. The van der Waals surface area contributed by atoms with E-state index in [1.807, 2.05) is 45.0 Å². The lowest BCUT2D eigenvalue weighted by Gasteiger charge is -2.28. The van der Waals surface area contributed by atoms with Gasteiger partial charge in [0.25, 0.3) is 0 Å². The minimum Gasteiger partial charge on any atom is -0.485 e. The van der Waals surface area contributed by atoms with Crippen molar-refractivity contribution < 1.29 is 4.74 Å². The zero-order chi connectivity index (χ0) is 11.1. The molecule has 1 atom stereocenters. The van der Waals surface area contributed by atoms with Crippen molar-refractivity contribution in [1.82, 2.24) is 0 Å². The molecule has 0 aliphatic carbocycles. The number of benzene rings is 1. The van der Waals surface area contributed by atoms with Crippen LogP contribution in [0.15, 0.2) is 29.3 Å². The molecule has 80 valence electrons.